The van der Waals surface area contributed by atoms with Crippen LogP contribution < -0.4 is 9.62 Å². The summed E-state index contributed by atoms with van der Waals surface area (Å²) in [6, 6.07) is 22.9. The molecule has 1 N–H and O–H groups in total. The molecule has 0 aliphatic heterocycles. The summed E-state index contributed by atoms with van der Waals surface area (Å²) in [7, 11) is -3.47. The second-order valence-electron chi connectivity index (χ2n) is 7.67. The lowest BCUT2D eigenvalue weighted by Gasteiger charge is -2.25. The van der Waals surface area contributed by atoms with E-state index in [-0.39, 0.29) is 12.5 Å². The van der Waals surface area contributed by atoms with Gasteiger partial charge in [0.15, 0.2) is 0 Å². The van der Waals surface area contributed by atoms with Crippen LogP contribution in [0.5, 0.6) is 0 Å². The molecule has 0 saturated carbocycles. The maximum Gasteiger partial charge on any atom is 0.251 e. The fraction of sp³-hybridized carbons (Fsp3) is 0.240. The van der Waals surface area contributed by atoms with E-state index in [4.69, 9.17) is 0 Å². The lowest BCUT2D eigenvalue weighted by Crippen LogP contribution is -2.30. The van der Waals surface area contributed by atoms with Crippen LogP contribution in [0.2, 0.25) is 0 Å². The molecule has 168 valence electrons. The third-order valence-electron chi connectivity index (χ3n) is 4.98. The van der Waals surface area contributed by atoms with Crippen LogP contribution >= 0.6 is 11.8 Å². The molecular weight excluding hydrogens is 440 g/mol. The fourth-order valence-corrected chi connectivity index (χ4v) is 4.98. The monoisotopic (exact) mass is 468 g/mol. The van der Waals surface area contributed by atoms with E-state index in [9.17, 15) is 13.2 Å². The van der Waals surface area contributed by atoms with Gasteiger partial charge in [0.25, 0.3) is 5.91 Å². The molecule has 0 fully saturated rings. The molecule has 0 aliphatic carbocycles. The number of amides is 1. The smallest absolute Gasteiger partial charge is 0.251 e. The third kappa shape index (κ3) is 6.61. The normalized spacial score (nSPS) is 11.2. The maximum absolute atomic E-state index is 12.5. The zero-order valence-corrected chi connectivity index (χ0v) is 20.2. The topological polar surface area (TPSA) is 66.5 Å². The Bertz CT molecular complexity index is 1160. The fourth-order valence-electron chi connectivity index (χ4n) is 3.25. The van der Waals surface area contributed by atoms with Gasteiger partial charge in [0, 0.05) is 22.8 Å². The van der Waals surface area contributed by atoms with Gasteiger partial charge in [-0.15, -0.1) is 11.8 Å². The predicted molar refractivity (Wildman–Crippen MR) is 133 cm³/mol. The van der Waals surface area contributed by atoms with Crippen molar-refractivity contribution in [1.82, 2.24) is 5.32 Å². The molecule has 0 bridgehead atoms. The van der Waals surface area contributed by atoms with Crippen LogP contribution in [0.15, 0.2) is 77.7 Å². The third-order valence-corrected chi connectivity index (χ3v) is 7.12. The molecule has 7 heteroatoms. The zero-order valence-electron chi connectivity index (χ0n) is 18.5. The molecule has 32 heavy (non-hydrogen) atoms. The quantitative estimate of drug-likeness (QED) is 0.362. The van der Waals surface area contributed by atoms with Crippen molar-refractivity contribution < 1.29 is 13.2 Å². The molecule has 3 rings (SSSR count). The first-order chi connectivity index (χ1) is 15.2. The van der Waals surface area contributed by atoms with Crippen LogP contribution in [0.4, 0.5) is 5.69 Å². The number of benzene rings is 3. The Balaban J connectivity index is 1.62. The van der Waals surface area contributed by atoms with Crippen LogP contribution in [0.25, 0.3) is 0 Å². The van der Waals surface area contributed by atoms with Gasteiger partial charge in [0.1, 0.15) is 0 Å². The summed E-state index contributed by atoms with van der Waals surface area (Å²) in [6.07, 6.45) is 1.21. The molecule has 1 amide bonds. The number of hydrogen-bond donors (Lipinski definition) is 1. The Morgan fingerprint density at radius 1 is 0.969 bits per heavy atom. The molecule has 3 aromatic carbocycles. The van der Waals surface area contributed by atoms with Crippen molar-refractivity contribution in [1.29, 1.82) is 0 Å². The summed E-state index contributed by atoms with van der Waals surface area (Å²) in [5, 5.41) is 2.93. The molecule has 0 aromatic heterocycles. The van der Waals surface area contributed by atoms with Crippen molar-refractivity contribution in [3.8, 4) is 0 Å². The molecule has 0 atom stereocenters. The zero-order chi connectivity index (χ0) is 23.1. The summed E-state index contributed by atoms with van der Waals surface area (Å²) >= 11 is 1.69. The number of carbonyl (C=O) groups excluding carboxylic acids is 1. The lowest BCUT2D eigenvalue weighted by atomic mass is 10.1. The number of nitrogens with one attached hydrogen (secondary N) is 1. The Hall–Kier alpha value is -2.77. The molecule has 3 aromatic rings. The molecule has 0 heterocycles. The van der Waals surface area contributed by atoms with Crippen LogP contribution in [0, 0.1) is 13.8 Å². The summed E-state index contributed by atoms with van der Waals surface area (Å²) in [6.45, 7) is 4.61. The standard InChI is InChI=1S/C25H28N2O3S2/c1-19-9-10-20(2)24(17-19)27(32(3,29)30)18-21-11-13-22(14-12-21)25(28)26-15-16-31-23-7-5-4-6-8-23/h4-14,17H,15-16,18H2,1-3H3,(H,26,28). The van der Waals surface area contributed by atoms with E-state index in [2.05, 4.69) is 5.32 Å². The van der Waals surface area contributed by atoms with Crippen molar-refractivity contribution in [2.75, 3.05) is 22.9 Å². The van der Waals surface area contributed by atoms with Gasteiger partial charge in [-0.05, 0) is 60.9 Å². The minimum absolute atomic E-state index is 0.139. The SMILES string of the molecule is Cc1ccc(C)c(N(Cc2ccc(C(=O)NCCSc3ccccc3)cc2)S(C)(=O)=O)c1. The highest BCUT2D eigenvalue weighted by atomic mass is 32.2. The van der Waals surface area contributed by atoms with E-state index in [0.29, 0.717) is 17.8 Å². The van der Waals surface area contributed by atoms with Gasteiger partial charge in [-0.2, -0.15) is 0 Å². The van der Waals surface area contributed by atoms with E-state index >= 15 is 0 Å². The summed E-state index contributed by atoms with van der Waals surface area (Å²) in [5.41, 5.74) is 3.93. The van der Waals surface area contributed by atoms with Gasteiger partial charge in [-0.25, -0.2) is 8.42 Å². The van der Waals surface area contributed by atoms with Crippen molar-refractivity contribution >= 4 is 33.4 Å². The molecule has 5 nitrogen and oxygen atoms in total. The van der Waals surface area contributed by atoms with Crippen molar-refractivity contribution in [3.63, 3.8) is 0 Å². The number of hydrogen-bond acceptors (Lipinski definition) is 4. The Morgan fingerprint density at radius 2 is 1.66 bits per heavy atom. The number of carbonyl (C=O) groups is 1. The van der Waals surface area contributed by atoms with E-state index in [1.165, 1.54) is 15.5 Å². The summed E-state index contributed by atoms with van der Waals surface area (Å²) in [5.74, 6) is 0.646. The maximum atomic E-state index is 12.5. The number of aryl methyl sites for hydroxylation is 2. The van der Waals surface area contributed by atoms with Gasteiger partial charge in [0.05, 0.1) is 18.5 Å². The molecule has 0 unspecified atom stereocenters. The Kier molecular flexibility index (Phi) is 7.99. The second kappa shape index (κ2) is 10.7. The lowest BCUT2D eigenvalue weighted by molar-refractivity contribution is 0.0956. The van der Waals surface area contributed by atoms with E-state index in [0.717, 1.165) is 22.4 Å². The highest BCUT2D eigenvalue weighted by Gasteiger charge is 2.20. The van der Waals surface area contributed by atoms with Crippen LogP contribution in [0.3, 0.4) is 0 Å². The number of rotatable bonds is 9. The Morgan fingerprint density at radius 3 is 2.31 bits per heavy atom. The van der Waals surface area contributed by atoms with Crippen LogP contribution in [0.1, 0.15) is 27.0 Å². The second-order valence-corrected chi connectivity index (χ2v) is 10.7. The molecule has 0 aliphatic rings. The molecule has 0 radical (unpaired) electrons. The van der Waals surface area contributed by atoms with Gasteiger partial charge in [0.2, 0.25) is 10.0 Å². The molecular formula is C25H28N2O3S2. The van der Waals surface area contributed by atoms with Crippen LogP contribution in [-0.4, -0.2) is 32.9 Å². The van der Waals surface area contributed by atoms with E-state index < -0.39 is 10.0 Å². The minimum atomic E-state index is -3.47. The first-order valence-electron chi connectivity index (χ1n) is 10.3. The number of sulfonamides is 1. The van der Waals surface area contributed by atoms with Crippen LogP contribution in [-0.2, 0) is 16.6 Å². The average molecular weight is 469 g/mol. The largest absolute Gasteiger partial charge is 0.351 e. The number of thioether (sulfide) groups is 1. The predicted octanol–water partition coefficient (Wildman–Crippen LogP) is 4.79. The Labute approximate surface area is 194 Å². The molecule has 0 saturated heterocycles. The summed E-state index contributed by atoms with van der Waals surface area (Å²) in [4.78, 5) is 13.6. The van der Waals surface area contributed by atoms with Crippen molar-refractivity contribution in [2.45, 2.75) is 25.3 Å². The van der Waals surface area contributed by atoms with Gasteiger partial charge in [-0.1, -0.05) is 42.5 Å². The van der Waals surface area contributed by atoms with E-state index in [1.54, 1.807) is 36.0 Å². The first-order valence-corrected chi connectivity index (χ1v) is 13.2. The summed E-state index contributed by atoms with van der Waals surface area (Å²) < 4.78 is 26.4. The number of nitrogens with zero attached hydrogens (tertiary/aromatic N) is 1. The number of anilines is 1. The highest BCUT2D eigenvalue weighted by Crippen LogP contribution is 2.26. The van der Waals surface area contributed by atoms with Gasteiger partial charge in [-0.3, -0.25) is 9.10 Å². The first kappa shape index (κ1) is 23.9. The van der Waals surface area contributed by atoms with Gasteiger partial charge >= 0.3 is 0 Å². The minimum Gasteiger partial charge on any atom is -0.351 e. The molecule has 0 spiro atoms. The van der Waals surface area contributed by atoms with Crippen molar-refractivity contribution in [3.05, 3.63) is 95.1 Å². The average Bonchev–Trinajstić information content (AvgIpc) is 2.77. The highest BCUT2D eigenvalue weighted by molar-refractivity contribution is 7.99. The van der Waals surface area contributed by atoms with Gasteiger partial charge < -0.3 is 5.32 Å². The van der Waals surface area contributed by atoms with Crippen molar-refractivity contribution in [2.24, 2.45) is 0 Å². The van der Waals surface area contributed by atoms with E-state index in [1.807, 2.05) is 62.4 Å².